The molecular formula is C15H20N2O3. The molecule has 5 nitrogen and oxygen atoms in total. The van der Waals surface area contributed by atoms with E-state index in [9.17, 15) is 0 Å². The summed E-state index contributed by atoms with van der Waals surface area (Å²) in [6.45, 7) is 2.36. The quantitative estimate of drug-likeness (QED) is 0.748. The van der Waals surface area contributed by atoms with Gasteiger partial charge in [0.05, 0.1) is 19.9 Å². The summed E-state index contributed by atoms with van der Waals surface area (Å²) in [5.74, 6) is 2.30. The molecule has 108 valence electrons. The standard InChI is InChI=1S/C15H20N2O3/c1-18-9-8-16-7-6-15-17-11-14(20-15)12-4-3-5-13(10-12)19-2/h3-5,10-11,16H,6-9H2,1-2H3. The van der Waals surface area contributed by atoms with Crippen LogP contribution in [0.1, 0.15) is 5.89 Å². The Morgan fingerprint density at radius 3 is 2.95 bits per heavy atom. The van der Waals surface area contributed by atoms with Crippen molar-refractivity contribution in [2.24, 2.45) is 0 Å². The third kappa shape index (κ3) is 4.08. The molecule has 5 heteroatoms. The van der Waals surface area contributed by atoms with Gasteiger partial charge in [-0.1, -0.05) is 12.1 Å². The summed E-state index contributed by atoms with van der Waals surface area (Å²) in [5, 5.41) is 3.26. The summed E-state index contributed by atoms with van der Waals surface area (Å²) in [4.78, 5) is 4.29. The maximum Gasteiger partial charge on any atom is 0.196 e. The van der Waals surface area contributed by atoms with Crippen LogP contribution >= 0.6 is 0 Å². The molecule has 0 amide bonds. The van der Waals surface area contributed by atoms with Gasteiger partial charge in [0.2, 0.25) is 0 Å². The maximum absolute atomic E-state index is 5.74. The van der Waals surface area contributed by atoms with Crippen LogP contribution in [0.2, 0.25) is 0 Å². The zero-order chi connectivity index (χ0) is 14.2. The van der Waals surface area contributed by atoms with E-state index in [4.69, 9.17) is 13.9 Å². The first-order valence-electron chi connectivity index (χ1n) is 6.62. The molecule has 0 aliphatic carbocycles. The van der Waals surface area contributed by atoms with E-state index in [1.165, 1.54) is 0 Å². The molecule has 1 aromatic carbocycles. The average Bonchev–Trinajstić information content (AvgIpc) is 2.96. The first kappa shape index (κ1) is 14.6. The van der Waals surface area contributed by atoms with Crippen LogP contribution in [0, 0.1) is 0 Å². The third-order valence-corrected chi connectivity index (χ3v) is 2.91. The summed E-state index contributed by atoms with van der Waals surface area (Å²) in [5.41, 5.74) is 0.968. The summed E-state index contributed by atoms with van der Waals surface area (Å²) in [6.07, 6.45) is 2.51. The Labute approximate surface area is 118 Å². The lowest BCUT2D eigenvalue weighted by Gasteiger charge is -2.02. The number of aromatic nitrogens is 1. The smallest absolute Gasteiger partial charge is 0.196 e. The maximum atomic E-state index is 5.74. The summed E-state index contributed by atoms with van der Waals surface area (Å²) >= 11 is 0. The van der Waals surface area contributed by atoms with E-state index >= 15 is 0 Å². The molecule has 0 spiro atoms. The Morgan fingerprint density at radius 1 is 1.25 bits per heavy atom. The zero-order valence-corrected chi connectivity index (χ0v) is 11.9. The van der Waals surface area contributed by atoms with Crippen LogP contribution in [0.4, 0.5) is 0 Å². The monoisotopic (exact) mass is 276 g/mol. The van der Waals surface area contributed by atoms with E-state index in [-0.39, 0.29) is 0 Å². The molecular weight excluding hydrogens is 256 g/mol. The summed E-state index contributed by atoms with van der Waals surface area (Å²) in [6, 6.07) is 7.74. The Bertz CT molecular complexity index is 525. The molecule has 1 heterocycles. The predicted molar refractivity (Wildman–Crippen MR) is 76.9 cm³/mol. The van der Waals surface area contributed by atoms with E-state index in [0.717, 1.165) is 42.5 Å². The number of hydrogen-bond acceptors (Lipinski definition) is 5. The Hall–Kier alpha value is -1.85. The molecule has 0 aliphatic rings. The minimum absolute atomic E-state index is 0.709. The normalized spacial score (nSPS) is 10.7. The van der Waals surface area contributed by atoms with Crippen molar-refractivity contribution in [3.8, 4) is 17.1 Å². The molecule has 1 aromatic heterocycles. The molecule has 1 N–H and O–H groups in total. The lowest BCUT2D eigenvalue weighted by Crippen LogP contribution is -2.21. The number of rotatable bonds is 8. The van der Waals surface area contributed by atoms with E-state index in [2.05, 4.69) is 10.3 Å². The molecule has 2 aromatic rings. The number of ether oxygens (including phenoxy) is 2. The van der Waals surface area contributed by atoms with Gasteiger partial charge in [0.25, 0.3) is 0 Å². The van der Waals surface area contributed by atoms with Crippen molar-refractivity contribution in [2.75, 3.05) is 33.9 Å². The van der Waals surface area contributed by atoms with Gasteiger partial charge in [-0.15, -0.1) is 0 Å². The van der Waals surface area contributed by atoms with Crippen LogP contribution < -0.4 is 10.1 Å². The Morgan fingerprint density at radius 2 is 2.15 bits per heavy atom. The molecule has 0 aliphatic heterocycles. The highest BCUT2D eigenvalue weighted by atomic mass is 16.5. The first-order chi connectivity index (χ1) is 9.83. The van der Waals surface area contributed by atoms with Crippen LogP contribution in [0.15, 0.2) is 34.9 Å². The number of benzene rings is 1. The highest BCUT2D eigenvalue weighted by Gasteiger charge is 2.07. The molecule has 0 atom stereocenters. The molecule has 0 saturated carbocycles. The van der Waals surface area contributed by atoms with Gasteiger partial charge in [-0.25, -0.2) is 4.98 Å². The summed E-state index contributed by atoms with van der Waals surface area (Å²) in [7, 11) is 3.34. The molecule has 0 bridgehead atoms. The Kier molecular flexibility index (Phi) is 5.58. The van der Waals surface area contributed by atoms with Crippen molar-refractivity contribution < 1.29 is 13.9 Å². The topological polar surface area (TPSA) is 56.5 Å². The fraction of sp³-hybridized carbons (Fsp3) is 0.400. The van der Waals surface area contributed by atoms with Crippen LogP contribution in [-0.2, 0) is 11.2 Å². The second kappa shape index (κ2) is 7.67. The number of hydrogen-bond donors (Lipinski definition) is 1. The Balaban J connectivity index is 1.91. The van der Waals surface area contributed by atoms with Crippen LogP contribution in [-0.4, -0.2) is 38.9 Å². The molecule has 20 heavy (non-hydrogen) atoms. The van der Waals surface area contributed by atoms with Crippen molar-refractivity contribution in [2.45, 2.75) is 6.42 Å². The van der Waals surface area contributed by atoms with Crippen molar-refractivity contribution in [3.05, 3.63) is 36.4 Å². The van der Waals surface area contributed by atoms with E-state index < -0.39 is 0 Å². The van der Waals surface area contributed by atoms with Gasteiger partial charge in [0, 0.05) is 32.2 Å². The molecule has 0 radical (unpaired) electrons. The van der Waals surface area contributed by atoms with Gasteiger partial charge in [-0.2, -0.15) is 0 Å². The highest BCUT2D eigenvalue weighted by molar-refractivity contribution is 5.58. The van der Waals surface area contributed by atoms with Crippen molar-refractivity contribution in [1.29, 1.82) is 0 Å². The van der Waals surface area contributed by atoms with E-state index in [1.807, 2.05) is 24.3 Å². The van der Waals surface area contributed by atoms with Crippen molar-refractivity contribution in [3.63, 3.8) is 0 Å². The number of methoxy groups -OCH3 is 2. The van der Waals surface area contributed by atoms with Crippen molar-refractivity contribution in [1.82, 2.24) is 10.3 Å². The lowest BCUT2D eigenvalue weighted by atomic mass is 10.2. The molecule has 2 rings (SSSR count). The molecule has 0 unspecified atom stereocenters. The fourth-order valence-corrected chi connectivity index (χ4v) is 1.83. The molecule has 0 saturated heterocycles. The van der Waals surface area contributed by atoms with Gasteiger partial charge in [0.15, 0.2) is 11.7 Å². The average molecular weight is 276 g/mol. The van der Waals surface area contributed by atoms with Gasteiger partial charge in [-0.05, 0) is 12.1 Å². The van der Waals surface area contributed by atoms with Crippen LogP contribution in [0.5, 0.6) is 5.75 Å². The SMILES string of the molecule is COCCNCCc1ncc(-c2cccc(OC)c2)o1. The van der Waals surface area contributed by atoms with Gasteiger partial charge >= 0.3 is 0 Å². The van der Waals surface area contributed by atoms with Gasteiger partial charge in [-0.3, -0.25) is 0 Å². The van der Waals surface area contributed by atoms with Gasteiger partial charge in [0.1, 0.15) is 5.75 Å². The second-order valence-electron chi connectivity index (χ2n) is 4.34. The lowest BCUT2D eigenvalue weighted by molar-refractivity contribution is 0.199. The fourth-order valence-electron chi connectivity index (χ4n) is 1.83. The minimum Gasteiger partial charge on any atom is -0.497 e. The second-order valence-corrected chi connectivity index (χ2v) is 4.34. The largest absolute Gasteiger partial charge is 0.497 e. The predicted octanol–water partition coefficient (Wildman–Crippen LogP) is 2.13. The minimum atomic E-state index is 0.709. The van der Waals surface area contributed by atoms with Crippen LogP contribution in [0.25, 0.3) is 11.3 Å². The van der Waals surface area contributed by atoms with Crippen LogP contribution in [0.3, 0.4) is 0 Å². The van der Waals surface area contributed by atoms with Gasteiger partial charge < -0.3 is 19.2 Å². The number of oxazole rings is 1. The zero-order valence-electron chi connectivity index (χ0n) is 11.9. The highest BCUT2D eigenvalue weighted by Crippen LogP contribution is 2.24. The van der Waals surface area contributed by atoms with Crippen molar-refractivity contribution >= 4 is 0 Å². The third-order valence-electron chi connectivity index (χ3n) is 2.91. The van der Waals surface area contributed by atoms with E-state index in [1.54, 1.807) is 20.4 Å². The number of nitrogens with zero attached hydrogens (tertiary/aromatic N) is 1. The van der Waals surface area contributed by atoms with E-state index in [0.29, 0.717) is 6.61 Å². The molecule has 0 fully saturated rings. The first-order valence-corrected chi connectivity index (χ1v) is 6.62. The number of nitrogens with one attached hydrogen (secondary N) is 1. The summed E-state index contributed by atoms with van der Waals surface area (Å²) < 4.78 is 15.9.